The van der Waals surface area contributed by atoms with Gasteiger partial charge in [0.1, 0.15) is 0 Å². The quantitative estimate of drug-likeness (QED) is 0.765. The number of hydrogen-bond donors (Lipinski definition) is 0. The Labute approximate surface area is 115 Å². The van der Waals surface area contributed by atoms with Gasteiger partial charge >= 0.3 is 7.12 Å². The molecule has 4 heteroatoms. The summed E-state index contributed by atoms with van der Waals surface area (Å²) >= 11 is 0. The fourth-order valence-corrected chi connectivity index (χ4v) is 2.44. The monoisotopic (exact) mass is 259 g/mol. The third kappa shape index (κ3) is 2.21. The van der Waals surface area contributed by atoms with Gasteiger partial charge in [-0.25, -0.2) is 0 Å². The highest BCUT2D eigenvalue weighted by molar-refractivity contribution is 6.62. The molecule has 2 heterocycles. The minimum Gasteiger partial charge on any atom is -0.399 e. The summed E-state index contributed by atoms with van der Waals surface area (Å²) in [7, 11) is -0.284. The first-order chi connectivity index (χ1) is 8.80. The molecule has 2 aliphatic rings. The summed E-state index contributed by atoms with van der Waals surface area (Å²) in [5, 5.41) is 0. The predicted octanol–water partition coefficient (Wildman–Crippen LogP) is 2.57. The standard InChI is InChI=1S/C15H22BNO2/c1-10-6-9-12(13(17-10)11-7-8-11)16-18-14(2,3)15(4,5)19-16/h6,9,11H,7-8H2,1-5H3. The van der Waals surface area contributed by atoms with E-state index in [0.717, 1.165) is 11.2 Å². The minimum atomic E-state index is -0.288. The van der Waals surface area contributed by atoms with Crippen LogP contribution in [0.3, 0.4) is 0 Å². The molecular weight excluding hydrogens is 237 g/mol. The maximum atomic E-state index is 6.15. The average Bonchev–Trinajstić information content (AvgIpc) is 3.07. The smallest absolute Gasteiger partial charge is 0.399 e. The highest BCUT2D eigenvalue weighted by atomic mass is 16.7. The average molecular weight is 259 g/mol. The van der Waals surface area contributed by atoms with E-state index in [-0.39, 0.29) is 18.3 Å². The number of aromatic nitrogens is 1. The van der Waals surface area contributed by atoms with Gasteiger partial charge in [-0.3, -0.25) is 4.98 Å². The third-order valence-electron chi connectivity index (χ3n) is 4.57. The van der Waals surface area contributed by atoms with Crippen molar-refractivity contribution in [3.05, 3.63) is 23.5 Å². The van der Waals surface area contributed by atoms with E-state index in [2.05, 4.69) is 33.8 Å². The van der Waals surface area contributed by atoms with Crippen molar-refractivity contribution >= 4 is 12.6 Å². The number of nitrogens with zero attached hydrogens (tertiary/aromatic N) is 1. The second-order valence-electron chi connectivity index (χ2n) is 6.79. The SMILES string of the molecule is Cc1ccc(B2OC(C)(C)C(C)(C)O2)c(C2CC2)n1. The second kappa shape index (κ2) is 4.06. The maximum Gasteiger partial charge on any atom is 0.496 e. The highest BCUT2D eigenvalue weighted by Gasteiger charge is 2.52. The number of pyridine rings is 1. The Balaban J connectivity index is 1.96. The molecule has 1 aliphatic heterocycles. The molecule has 1 aliphatic carbocycles. The predicted molar refractivity (Wildman–Crippen MR) is 76.7 cm³/mol. The lowest BCUT2D eigenvalue weighted by molar-refractivity contribution is 0.00578. The van der Waals surface area contributed by atoms with E-state index >= 15 is 0 Å². The molecule has 1 saturated heterocycles. The Bertz CT molecular complexity index is 493. The molecule has 0 atom stereocenters. The molecule has 19 heavy (non-hydrogen) atoms. The molecule has 0 unspecified atom stereocenters. The van der Waals surface area contributed by atoms with E-state index in [1.807, 2.05) is 13.0 Å². The minimum absolute atomic E-state index is 0.284. The summed E-state index contributed by atoms with van der Waals surface area (Å²) in [6.07, 6.45) is 2.48. The van der Waals surface area contributed by atoms with Crippen LogP contribution in [0.4, 0.5) is 0 Å². The molecule has 0 bridgehead atoms. The first kappa shape index (κ1) is 13.1. The summed E-state index contributed by atoms with van der Waals surface area (Å²) in [5.74, 6) is 0.605. The van der Waals surface area contributed by atoms with Gasteiger partial charge < -0.3 is 9.31 Å². The number of rotatable bonds is 2. The van der Waals surface area contributed by atoms with Gasteiger partial charge in [-0.05, 0) is 53.5 Å². The van der Waals surface area contributed by atoms with Gasteiger partial charge in [0.2, 0.25) is 0 Å². The van der Waals surface area contributed by atoms with Gasteiger partial charge in [0.05, 0.1) is 11.2 Å². The summed E-state index contributed by atoms with van der Waals surface area (Å²) in [6, 6.07) is 4.17. The number of hydrogen-bond acceptors (Lipinski definition) is 3. The largest absolute Gasteiger partial charge is 0.496 e. The van der Waals surface area contributed by atoms with Crippen LogP contribution in [-0.2, 0) is 9.31 Å². The topological polar surface area (TPSA) is 31.4 Å². The lowest BCUT2D eigenvalue weighted by Gasteiger charge is -2.32. The maximum absolute atomic E-state index is 6.15. The molecule has 1 aromatic heterocycles. The first-order valence-electron chi connectivity index (χ1n) is 7.13. The van der Waals surface area contributed by atoms with Gasteiger partial charge in [0, 0.05) is 22.8 Å². The van der Waals surface area contributed by atoms with Gasteiger partial charge in [-0.15, -0.1) is 0 Å². The van der Waals surface area contributed by atoms with E-state index in [4.69, 9.17) is 14.3 Å². The van der Waals surface area contributed by atoms with Crippen LogP contribution in [0.5, 0.6) is 0 Å². The van der Waals surface area contributed by atoms with Gasteiger partial charge in [-0.2, -0.15) is 0 Å². The summed E-state index contributed by atoms with van der Waals surface area (Å²) in [5.41, 5.74) is 2.79. The van der Waals surface area contributed by atoms with Crippen LogP contribution in [0.2, 0.25) is 0 Å². The van der Waals surface area contributed by atoms with E-state index in [9.17, 15) is 0 Å². The van der Waals surface area contributed by atoms with E-state index in [1.54, 1.807) is 0 Å². The molecule has 0 radical (unpaired) electrons. The van der Waals surface area contributed by atoms with Crippen LogP contribution in [0.1, 0.15) is 57.8 Å². The lowest BCUT2D eigenvalue weighted by atomic mass is 9.76. The molecule has 102 valence electrons. The van der Waals surface area contributed by atoms with Crippen LogP contribution in [0.25, 0.3) is 0 Å². The molecule has 1 saturated carbocycles. The molecule has 0 aromatic carbocycles. The lowest BCUT2D eigenvalue weighted by Crippen LogP contribution is -2.41. The summed E-state index contributed by atoms with van der Waals surface area (Å²) < 4.78 is 12.3. The zero-order valence-electron chi connectivity index (χ0n) is 12.5. The third-order valence-corrected chi connectivity index (χ3v) is 4.57. The van der Waals surface area contributed by atoms with Crippen LogP contribution in [0, 0.1) is 6.92 Å². The Morgan fingerprint density at radius 1 is 1.11 bits per heavy atom. The number of aryl methyl sites for hydroxylation is 1. The molecule has 0 N–H and O–H groups in total. The van der Waals surface area contributed by atoms with Gasteiger partial charge in [-0.1, -0.05) is 6.07 Å². The van der Waals surface area contributed by atoms with Crippen LogP contribution < -0.4 is 5.46 Å². The Morgan fingerprint density at radius 3 is 2.21 bits per heavy atom. The molecule has 0 amide bonds. The molecular formula is C15H22BNO2. The van der Waals surface area contributed by atoms with Crippen LogP contribution >= 0.6 is 0 Å². The molecule has 1 aromatic rings. The van der Waals surface area contributed by atoms with Crippen molar-refractivity contribution < 1.29 is 9.31 Å². The summed E-state index contributed by atoms with van der Waals surface area (Å²) in [4.78, 5) is 4.72. The Kier molecular flexibility index (Phi) is 2.81. The zero-order valence-corrected chi connectivity index (χ0v) is 12.5. The zero-order chi connectivity index (χ0) is 13.8. The van der Waals surface area contributed by atoms with E-state index in [1.165, 1.54) is 18.5 Å². The van der Waals surface area contributed by atoms with Crippen molar-refractivity contribution in [2.75, 3.05) is 0 Å². The van der Waals surface area contributed by atoms with Crippen molar-refractivity contribution in [1.29, 1.82) is 0 Å². The van der Waals surface area contributed by atoms with Crippen molar-refractivity contribution in [3.63, 3.8) is 0 Å². The van der Waals surface area contributed by atoms with Gasteiger partial charge in [0.15, 0.2) is 0 Å². The van der Waals surface area contributed by atoms with E-state index < -0.39 is 0 Å². The van der Waals surface area contributed by atoms with Crippen LogP contribution in [-0.4, -0.2) is 23.3 Å². The Hall–Kier alpha value is -0.865. The second-order valence-corrected chi connectivity index (χ2v) is 6.79. The normalized spacial score (nSPS) is 24.8. The first-order valence-corrected chi connectivity index (χ1v) is 7.13. The van der Waals surface area contributed by atoms with Crippen molar-refractivity contribution in [2.24, 2.45) is 0 Å². The molecule has 3 nitrogen and oxygen atoms in total. The molecule has 3 rings (SSSR count). The Morgan fingerprint density at radius 2 is 1.68 bits per heavy atom. The van der Waals surface area contributed by atoms with Crippen molar-refractivity contribution in [3.8, 4) is 0 Å². The fourth-order valence-electron chi connectivity index (χ4n) is 2.44. The van der Waals surface area contributed by atoms with Crippen LogP contribution in [0.15, 0.2) is 12.1 Å². The highest BCUT2D eigenvalue weighted by Crippen LogP contribution is 2.41. The fraction of sp³-hybridized carbons (Fsp3) is 0.667. The van der Waals surface area contributed by atoms with Crippen molar-refractivity contribution in [1.82, 2.24) is 4.98 Å². The molecule has 2 fully saturated rings. The summed E-state index contributed by atoms with van der Waals surface area (Å²) in [6.45, 7) is 10.4. The van der Waals surface area contributed by atoms with E-state index in [0.29, 0.717) is 5.92 Å². The molecule has 0 spiro atoms. The van der Waals surface area contributed by atoms with Gasteiger partial charge in [0.25, 0.3) is 0 Å². The van der Waals surface area contributed by atoms with Crippen molar-refractivity contribution in [2.45, 2.75) is 64.6 Å².